The van der Waals surface area contributed by atoms with Gasteiger partial charge in [0.15, 0.2) is 0 Å². The molecule has 0 aromatic rings. The Kier molecular flexibility index (Phi) is 5.03. The quantitative estimate of drug-likeness (QED) is 0.325. The molecule has 0 radical (unpaired) electrons. The van der Waals surface area contributed by atoms with Gasteiger partial charge in [0.1, 0.15) is 12.2 Å². The molecule has 4 aliphatic carbocycles. The van der Waals surface area contributed by atoms with Crippen molar-refractivity contribution in [2.45, 2.75) is 82.4 Å². The van der Waals surface area contributed by atoms with Gasteiger partial charge in [-0.2, -0.15) is 0 Å². The second-order valence-electron chi connectivity index (χ2n) is 11.3. The van der Waals surface area contributed by atoms with E-state index in [0.717, 1.165) is 32.3 Å². The van der Waals surface area contributed by atoms with Gasteiger partial charge in [-0.05, 0) is 75.0 Å². The minimum atomic E-state index is -0.277. The maximum atomic E-state index is 12.7. The van der Waals surface area contributed by atoms with E-state index in [9.17, 15) is 9.59 Å². The molecule has 4 bridgehead atoms. The Bertz CT molecular complexity index is 845. The van der Waals surface area contributed by atoms with Gasteiger partial charge in [-0.1, -0.05) is 13.2 Å². The van der Waals surface area contributed by atoms with Crippen molar-refractivity contribution >= 4 is 11.9 Å². The molecule has 6 fully saturated rings. The van der Waals surface area contributed by atoms with E-state index in [4.69, 9.17) is 18.9 Å². The molecule has 32 heavy (non-hydrogen) atoms. The molecule has 0 amide bonds. The zero-order valence-corrected chi connectivity index (χ0v) is 18.9. The average molecular weight is 443 g/mol. The molecule has 2 heterocycles. The van der Waals surface area contributed by atoms with Crippen molar-refractivity contribution in [3.63, 3.8) is 0 Å². The van der Waals surface area contributed by atoms with Crippen LogP contribution < -0.4 is 0 Å². The Balaban J connectivity index is 0.961. The monoisotopic (exact) mass is 442 g/mol. The second-order valence-corrected chi connectivity index (χ2v) is 11.3. The summed E-state index contributed by atoms with van der Waals surface area (Å²) in [7, 11) is 0. The highest BCUT2D eigenvalue weighted by Crippen LogP contribution is 2.56. The summed E-state index contributed by atoms with van der Waals surface area (Å²) < 4.78 is 23.1. The van der Waals surface area contributed by atoms with Gasteiger partial charge >= 0.3 is 11.9 Å². The van der Waals surface area contributed by atoms with Crippen LogP contribution in [-0.2, 0) is 28.5 Å². The maximum absolute atomic E-state index is 12.7. The number of hydrogen-bond acceptors (Lipinski definition) is 6. The largest absolute Gasteiger partial charge is 0.459 e. The van der Waals surface area contributed by atoms with E-state index in [1.54, 1.807) is 6.92 Å². The van der Waals surface area contributed by atoms with Gasteiger partial charge < -0.3 is 18.9 Å². The molecule has 0 aromatic heterocycles. The third-order valence-electron chi connectivity index (χ3n) is 9.13. The van der Waals surface area contributed by atoms with Crippen molar-refractivity contribution in [1.82, 2.24) is 0 Å². The van der Waals surface area contributed by atoms with E-state index in [-0.39, 0.29) is 36.4 Å². The summed E-state index contributed by atoms with van der Waals surface area (Å²) in [6, 6.07) is 0. The fraction of sp³-hybridized carbons (Fsp3) is 0.769. The van der Waals surface area contributed by atoms with E-state index < -0.39 is 0 Å². The fourth-order valence-corrected chi connectivity index (χ4v) is 7.50. The van der Waals surface area contributed by atoms with Crippen LogP contribution in [0.25, 0.3) is 0 Å². The molecule has 11 unspecified atom stereocenters. The molecule has 4 saturated carbocycles. The Hall–Kier alpha value is -1.66. The first-order chi connectivity index (χ1) is 15.4. The van der Waals surface area contributed by atoms with Crippen LogP contribution in [0, 0.1) is 35.5 Å². The standard InChI is InChI=1S/C26H34O6/c1-12(2)25(27)31-20-10-15-8-16(20)9-17(15)24-22(30-24)4-13(3)26(28)32-21-7-14-5-18(21)19(6-14)23-11-29-23/h14-24H,1,3-11H2,2H3. The van der Waals surface area contributed by atoms with E-state index in [0.29, 0.717) is 59.2 Å². The summed E-state index contributed by atoms with van der Waals surface area (Å²) in [6.45, 7) is 10.3. The van der Waals surface area contributed by atoms with Crippen molar-refractivity contribution in [2.75, 3.05) is 6.61 Å². The summed E-state index contributed by atoms with van der Waals surface area (Å²) >= 11 is 0. The lowest BCUT2D eigenvalue weighted by molar-refractivity contribution is -0.148. The molecule has 6 rings (SSSR count). The van der Waals surface area contributed by atoms with Crippen molar-refractivity contribution in [3.05, 3.63) is 24.3 Å². The summed E-state index contributed by atoms with van der Waals surface area (Å²) in [5, 5.41) is 0. The van der Waals surface area contributed by atoms with Gasteiger partial charge in [0, 0.05) is 23.5 Å². The molecule has 0 spiro atoms. The number of carbonyl (C=O) groups excluding carboxylic acids is 2. The van der Waals surface area contributed by atoms with Crippen LogP contribution >= 0.6 is 0 Å². The molecular weight excluding hydrogens is 408 g/mol. The molecule has 6 nitrogen and oxygen atoms in total. The summed E-state index contributed by atoms with van der Waals surface area (Å²) in [5.74, 6) is 2.67. The van der Waals surface area contributed by atoms with Crippen molar-refractivity contribution in [2.24, 2.45) is 35.5 Å². The van der Waals surface area contributed by atoms with Gasteiger partial charge in [0.05, 0.1) is 24.9 Å². The second kappa shape index (κ2) is 7.69. The van der Waals surface area contributed by atoms with E-state index in [2.05, 4.69) is 13.2 Å². The van der Waals surface area contributed by atoms with Gasteiger partial charge in [0.2, 0.25) is 0 Å². The predicted octanol–water partition coefficient (Wildman–Crippen LogP) is 3.59. The molecule has 6 aliphatic rings. The average Bonchev–Trinajstić information content (AvgIpc) is 3.56. The van der Waals surface area contributed by atoms with Crippen LogP contribution in [0.2, 0.25) is 0 Å². The predicted molar refractivity (Wildman–Crippen MR) is 115 cm³/mol. The number of carbonyl (C=O) groups is 2. The third kappa shape index (κ3) is 3.73. The van der Waals surface area contributed by atoms with Gasteiger partial charge in [-0.3, -0.25) is 0 Å². The molecule has 0 N–H and O–H groups in total. The minimum absolute atomic E-state index is 0.0224. The zero-order valence-electron chi connectivity index (χ0n) is 18.9. The van der Waals surface area contributed by atoms with Crippen LogP contribution in [0.15, 0.2) is 24.3 Å². The SMILES string of the molecule is C=C(C)C(=O)OC1CC2CC1CC2C1OC1CC(=C)C(=O)OC1CC2CC(C3CO3)C1C2. The topological polar surface area (TPSA) is 77.7 Å². The van der Waals surface area contributed by atoms with E-state index >= 15 is 0 Å². The Labute approximate surface area is 189 Å². The molecule has 174 valence electrons. The summed E-state index contributed by atoms with van der Waals surface area (Å²) in [4.78, 5) is 24.6. The lowest BCUT2D eigenvalue weighted by Crippen LogP contribution is -2.32. The van der Waals surface area contributed by atoms with Crippen LogP contribution in [0.5, 0.6) is 0 Å². The first-order valence-corrected chi connectivity index (χ1v) is 12.4. The molecule has 0 aromatic carbocycles. The highest BCUT2D eigenvalue weighted by Gasteiger charge is 2.57. The molecule has 2 saturated heterocycles. The number of ether oxygens (including phenoxy) is 4. The van der Waals surface area contributed by atoms with Crippen LogP contribution in [0.4, 0.5) is 0 Å². The fourth-order valence-electron chi connectivity index (χ4n) is 7.50. The number of rotatable bonds is 8. The lowest BCUT2D eigenvalue weighted by Gasteiger charge is -2.28. The van der Waals surface area contributed by atoms with Gasteiger partial charge in [-0.15, -0.1) is 0 Å². The van der Waals surface area contributed by atoms with Crippen molar-refractivity contribution in [3.8, 4) is 0 Å². The molecule has 2 aliphatic heterocycles. The smallest absolute Gasteiger partial charge is 0.333 e. The Morgan fingerprint density at radius 3 is 2.28 bits per heavy atom. The third-order valence-corrected chi connectivity index (χ3v) is 9.13. The van der Waals surface area contributed by atoms with Crippen molar-refractivity contribution in [1.29, 1.82) is 0 Å². The normalized spacial score (nSPS) is 47.3. The first kappa shape index (κ1) is 20.9. The summed E-state index contributed by atoms with van der Waals surface area (Å²) in [6.07, 6.45) is 7.75. The zero-order chi connectivity index (χ0) is 22.1. The number of epoxide rings is 2. The lowest BCUT2D eigenvalue weighted by atomic mass is 9.83. The van der Waals surface area contributed by atoms with Gasteiger partial charge in [-0.25, -0.2) is 9.59 Å². The maximum Gasteiger partial charge on any atom is 0.333 e. The highest BCUT2D eigenvalue weighted by molar-refractivity contribution is 5.88. The highest BCUT2D eigenvalue weighted by atomic mass is 16.6. The van der Waals surface area contributed by atoms with Crippen molar-refractivity contribution < 1.29 is 28.5 Å². The van der Waals surface area contributed by atoms with Gasteiger partial charge in [0.25, 0.3) is 0 Å². The van der Waals surface area contributed by atoms with Crippen LogP contribution in [0.1, 0.15) is 51.9 Å². The number of esters is 2. The van der Waals surface area contributed by atoms with Crippen LogP contribution in [0.3, 0.4) is 0 Å². The molecular formula is C26H34O6. The van der Waals surface area contributed by atoms with E-state index in [1.807, 2.05) is 0 Å². The number of fused-ring (bicyclic) bond motifs is 4. The molecule has 11 atom stereocenters. The number of hydrogen-bond donors (Lipinski definition) is 0. The Morgan fingerprint density at radius 1 is 0.875 bits per heavy atom. The minimum Gasteiger partial charge on any atom is -0.459 e. The van der Waals surface area contributed by atoms with E-state index in [1.165, 1.54) is 12.8 Å². The van der Waals surface area contributed by atoms with Crippen LogP contribution in [-0.4, -0.2) is 49.1 Å². The first-order valence-electron chi connectivity index (χ1n) is 12.4. The Morgan fingerprint density at radius 2 is 1.62 bits per heavy atom. The summed E-state index contributed by atoms with van der Waals surface area (Å²) in [5.41, 5.74) is 0.998. The molecule has 6 heteroatoms.